The number of nitrogens with zero attached hydrogens (tertiary/aromatic N) is 1. The Balaban J connectivity index is 3.30. The number of carbonyl (C=O) groups excluding carboxylic acids is 1. The molecule has 0 aliphatic rings. The number of nitro benzene ring substituents is 1. The maximum Gasteiger partial charge on any atom is 0.273 e. The first kappa shape index (κ1) is 12.2. The minimum atomic E-state index is -0.504. The molecule has 0 radical (unpaired) electrons. The highest BCUT2D eigenvalue weighted by Gasteiger charge is 2.22. The Morgan fingerprint density at radius 1 is 1.50 bits per heavy atom. The van der Waals surface area contributed by atoms with E-state index in [4.69, 9.17) is 4.74 Å². The van der Waals surface area contributed by atoms with Crippen molar-refractivity contribution in [1.82, 2.24) is 0 Å². The first-order chi connectivity index (χ1) is 7.47. The van der Waals surface area contributed by atoms with Crippen molar-refractivity contribution in [2.45, 2.75) is 19.8 Å². The van der Waals surface area contributed by atoms with Crippen LogP contribution in [0, 0.1) is 10.1 Å². The third kappa shape index (κ3) is 2.36. The van der Waals surface area contributed by atoms with Crippen molar-refractivity contribution in [3.05, 3.63) is 33.9 Å². The van der Waals surface area contributed by atoms with Crippen LogP contribution in [0.25, 0.3) is 0 Å². The van der Waals surface area contributed by atoms with Gasteiger partial charge in [0.25, 0.3) is 5.69 Å². The summed E-state index contributed by atoms with van der Waals surface area (Å²) < 4.78 is 4.99. The molecule has 0 fully saturated rings. The summed E-state index contributed by atoms with van der Waals surface area (Å²) in [5.41, 5.74) is 0.334. The predicted octanol–water partition coefficient (Wildman–Crippen LogP) is 2.30. The summed E-state index contributed by atoms with van der Waals surface area (Å²) >= 11 is 0. The monoisotopic (exact) mass is 223 g/mol. The fourth-order valence-electron chi connectivity index (χ4n) is 1.39. The second-order valence-electron chi connectivity index (χ2n) is 3.51. The van der Waals surface area contributed by atoms with Gasteiger partial charge >= 0.3 is 0 Å². The van der Waals surface area contributed by atoms with Gasteiger partial charge < -0.3 is 4.74 Å². The van der Waals surface area contributed by atoms with Gasteiger partial charge in [-0.1, -0.05) is 6.92 Å². The maximum atomic E-state index is 11.3. The second-order valence-corrected chi connectivity index (χ2v) is 3.51. The van der Waals surface area contributed by atoms with E-state index in [-0.39, 0.29) is 11.5 Å². The fourth-order valence-corrected chi connectivity index (χ4v) is 1.39. The van der Waals surface area contributed by atoms with E-state index in [1.165, 1.54) is 32.2 Å². The molecule has 5 nitrogen and oxygen atoms in total. The molecule has 0 spiro atoms. The number of Topliss-reactive ketones (excluding diaryl/α,β-unsaturated/α-hetero) is 1. The Hall–Kier alpha value is -1.91. The van der Waals surface area contributed by atoms with Crippen molar-refractivity contribution >= 4 is 11.5 Å². The van der Waals surface area contributed by atoms with Gasteiger partial charge in [0.2, 0.25) is 0 Å². The number of hydrogen-bond acceptors (Lipinski definition) is 4. The molecule has 0 N–H and O–H groups in total. The largest absolute Gasteiger partial charge is 0.497 e. The van der Waals surface area contributed by atoms with E-state index >= 15 is 0 Å². The van der Waals surface area contributed by atoms with Crippen LogP contribution in [0.2, 0.25) is 0 Å². The lowest BCUT2D eigenvalue weighted by molar-refractivity contribution is -0.385. The van der Waals surface area contributed by atoms with Crippen LogP contribution >= 0.6 is 0 Å². The van der Waals surface area contributed by atoms with E-state index < -0.39 is 10.8 Å². The van der Waals surface area contributed by atoms with E-state index in [0.717, 1.165) is 0 Å². The summed E-state index contributed by atoms with van der Waals surface area (Å²) in [6, 6.07) is 4.40. The smallest absolute Gasteiger partial charge is 0.273 e. The molecule has 0 amide bonds. The van der Waals surface area contributed by atoms with Gasteiger partial charge in [0, 0.05) is 17.5 Å². The Morgan fingerprint density at radius 2 is 2.12 bits per heavy atom. The molecule has 0 bridgehead atoms. The molecule has 0 aliphatic heterocycles. The van der Waals surface area contributed by atoms with Crippen LogP contribution in [0.3, 0.4) is 0 Å². The van der Waals surface area contributed by atoms with Crippen LogP contribution in [0.15, 0.2) is 18.2 Å². The quantitative estimate of drug-likeness (QED) is 0.580. The number of ether oxygens (including phenoxy) is 1. The molecule has 16 heavy (non-hydrogen) atoms. The summed E-state index contributed by atoms with van der Waals surface area (Å²) in [5.74, 6) is -0.111. The maximum absolute atomic E-state index is 11.3. The normalized spacial score (nSPS) is 11.9. The van der Waals surface area contributed by atoms with Crippen molar-refractivity contribution in [2.24, 2.45) is 0 Å². The lowest BCUT2D eigenvalue weighted by atomic mass is 9.96. The number of ketones is 1. The Kier molecular flexibility index (Phi) is 3.60. The number of rotatable bonds is 4. The highest BCUT2D eigenvalue weighted by Crippen LogP contribution is 2.30. The van der Waals surface area contributed by atoms with Gasteiger partial charge in [-0.3, -0.25) is 14.9 Å². The molecule has 1 unspecified atom stereocenters. The molecule has 0 saturated carbocycles. The molecule has 0 heterocycles. The molecule has 0 aromatic heterocycles. The number of benzene rings is 1. The topological polar surface area (TPSA) is 69.4 Å². The molecule has 0 aliphatic carbocycles. The molecular weight excluding hydrogens is 210 g/mol. The van der Waals surface area contributed by atoms with Crippen LogP contribution in [0.4, 0.5) is 5.69 Å². The number of nitro groups is 1. The summed E-state index contributed by atoms with van der Waals surface area (Å²) in [6.45, 7) is 3.05. The van der Waals surface area contributed by atoms with Crippen LogP contribution in [0.1, 0.15) is 25.3 Å². The van der Waals surface area contributed by atoms with Crippen LogP contribution in [-0.4, -0.2) is 17.8 Å². The van der Waals surface area contributed by atoms with Crippen molar-refractivity contribution < 1.29 is 14.5 Å². The van der Waals surface area contributed by atoms with E-state index in [2.05, 4.69) is 0 Å². The SMILES string of the molecule is COc1ccc([N+](=O)[O-])c(C(C)C(C)=O)c1. The van der Waals surface area contributed by atoms with Gasteiger partial charge in [-0.05, 0) is 19.1 Å². The Labute approximate surface area is 93.2 Å². The van der Waals surface area contributed by atoms with Gasteiger partial charge in [0.05, 0.1) is 12.0 Å². The number of hydrogen-bond donors (Lipinski definition) is 0. The first-order valence-electron chi connectivity index (χ1n) is 4.80. The second kappa shape index (κ2) is 4.74. The molecule has 1 aromatic rings. The lowest BCUT2D eigenvalue weighted by Gasteiger charge is -2.10. The minimum Gasteiger partial charge on any atom is -0.497 e. The Bertz CT molecular complexity index is 428. The molecular formula is C11H13NO4. The van der Waals surface area contributed by atoms with Gasteiger partial charge in [0.1, 0.15) is 11.5 Å². The zero-order chi connectivity index (χ0) is 12.3. The van der Waals surface area contributed by atoms with Crippen molar-refractivity contribution in [3.8, 4) is 5.75 Å². The van der Waals surface area contributed by atoms with Crippen molar-refractivity contribution in [3.63, 3.8) is 0 Å². The number of carbonyl (C=O) groups is 1. The predicted molar refractivity (Wildman–Crippen MR) is 58.7 cm³/mol. The molecule has 1 rings (SSSR count). The molecule has 5 heteroatoms. The third-order valence-electron chi connectivity index (χ3n) is 2.51. The summed E-state index contributed by atoms with van der Waals surface area (Å²) in [5, 5.41) is 10.8. The van der Waals surface area contributed by atoms with Crippen LogP contribution in [0.5, 0.6) is 5.75 Å². The highest BCUT2D eigenvalue weighted by molar-refractivity contribution is 5.84. The van der Waals surface area contributed by atoms with Crippen LogP contribution < -0.4 is 4.74 Å². The van der Waals surface area contributed by atoms with E-state index in [0.29, 0.717) is 11.3 Å². The lowest BCUT2D eigenvalue weighted by Crippen LogP contribution is -2.07. The fraction of sp³-hybridized carbons (Fsp3) is 0.364. The average molecular weight is 223 g/mol. The van der Waals surface area contributed by atoms with Gasteiger partial charge in [-0.2, -0.15) is 0 Å². The molecule has 86 valence electrons. The first-order valence-corrected chi connectivity index (χ1v) is 4.80. The highest BCUT2D eigenvalue weighted by atomic mass is 16.6. The van der Waals surface area contributed by atoms with Gasteiger partial charge in [0.15, 0.2) is 0 Å². The minimum absolute atomic E-state index is 0.0523. The molecule has 0 saturated heterocycles. The third-order valence-corrected chi connectivity index (χ3v) is 2.51. The summed E-state index contributed by atoms with van der Waals surface area (Å²) in [6.07, 6.45) is 0. The Morgan fingerprint density at radius 3 is 2.56 bits per heavy atom. The van der Waals surface area contributed by atoms with Crippen molar-refractivity contribution in [1.29, 1.82) is 0 Å². The van der Waals surface area contributed by atoms with Crippen LogP contribution in [-0.2, 0) is 4.79 Å². The summed E-state index contributed by atoms with van der Waals surface area (Å²) in [4.78, 5) is 21.6. The molecule has 1 atom stereocenters. The zero-order valence-electron chi connectivity index (χ0n) is 9.39. The standard InChI is InChI=1S/C11H13NO4/c1-7(8(2)13)10-6-9(16-3)4-5-11(10)12(14)15/h4-7H,1-3H3. The molecule has 1 aromatic carbocycles. The zero-order valence-corrected chi connectivity index (χ0v) is 9.39. The summed E-state index contributed by atoms with van der Waals surface area (Å²) in [7, 11) is 1.48. The average Bonchev–Trinajstić information content (AvgIpc) is 2.26. The van der Waals surface area contributed by atoms with E-state index in [1.807, 2.05) is 0 Å². The van der Waals surface area contributed by atoms with E-state index in [9.17, 15) is 14.9 Å². The van der Waals surface area contributed by atoms with Gasteiger partial charge in [-0.15, -0.1) is 0 Å². The van der Waals surface area contributed by atoms with E-state index in [1.54, 1.807) is 6.92 Å². The number of methoxy groups -OCH3 is 1. The van der Waals surface area contributed by atoms with Gasteiger partial charge in [-0.25, -0.2) is 0 Å². The van der Waals surface area contributed by atoms with Crippen molar-refractivity contribution in [2.75, 3.05) is 7.11 Å².